The fourth-order valence-electron chi connectivity index (χ4n) is 6.79. The Kier molecular flexibility index (Phi) is 7.15. The van der Waals surface area contributed by atoms with Crippen LogP contribution in [0.15, 0.2) is 150 Å². The summed E-state index contributed by atoms with van der Waals surface area (Å²) < 4.78 is 0. The molecule has 6 aromatic rings. The van der Waals surface area contributed by atoms with E-state index < -0.39 is 0 Å². The summed E-state index contributed by atoms with van der Waals surface area (Å²) in [6.45, 7) is 1.08. The third-order valence-corrected chi connectivity index (χ3v) is 9.58. The second-order valence-electron chi connectivity index (χ2n) is 11.9. The molecule has 0 radical (unpaired) electrons. The van der Waals surface area contributed by atoms with Crippen molar-refractivity contribution in [1.82, 2.24) is 10.2 Å². The van der Waals surface area contributed by atoms with Crippen LogP contribution in [-0.4, -0.2) is 17.5 Å². The molecule has 0 aliphatic carbocycles. The fourth-order valence-corrected chi connectivity index (χ4v) is 7.20. The standard InChI is InChI=1S/C40H34N4S/c41-35-21-6-4-17-31(35)27-13-8-14-28(23-27)32-18-5-7-22-36(32)42-30-16-9-15-29(24-30)40-43-38(37-25-44(37)40)34-20-10-19-33(39(34)45)26-11-2-1-3-12-26/h1-24,37-38,40,42-43,45H,25,41H2. The number of thiol groups is 1. The summed E-state index contributed by atoms with van der Waals surface area (Å²) in [6, 6.07) is 51.6. The lowest BCUT2D eigenvalue weighted by Gasteiger charge is -2.22. The second-order valence-corrected chi connectivity index (χ2v) is 12.3. The highest BCUT2D eigenvalue weighted by Crippen LogP contribution is 2.48. The number of fused-ring (bicyclic) bond motifs is 1. The number of benzene rings is 6. The lowest BCUT2D eigenvalue weighted by Crippen LogP contribution is -2.26. The minimum atomic E-state index is 0.151. The molecule has 220 valence electrons. The number of nitrogens with one attached hydrogen (secondary N) is 2. The second kappa shape index (κ2) is 11.6. The Morgan fingerprint density at radius 2 is 1.31 bits per heavy atom. The van der Waals surface area contributed by atoms with Crippen LogP contribution >= 0.6 is 12.6 Å². The van der Waals surface area contributed by atoms with Crippen LogP contribution in [-0.2, 0) is 0 Å². The quantitative estimate of drug-likeness (QED) is 0.0836. The van der Waals surface area contributed by atoms with E-state index in [0.29, 0.717) is 6.04 Å². The van der Waals surface area contributed by atoms with Crippen LogP contribution in [0.4, 0.5) is 17.1 Å². The van der Waals surface area contributed by atoms with E-state index in [1.54, 1.807) is 0 Å². The maximum atomic E-state index is 6.31. The van der Waals surface area contributed by atoms with Crippen molar-refractivity contribution in [2.45, 2.75) is 23.1 Å². The van der Waals surface area contributed by atoms with Crippen LogP contribution in [0, 0.1) is 0 Å². The Morgan fingerprint density at radius 1 is 0.644 bits per heavy atom. The van der Waals surface area contributed by atoms with Gasteiger partial charge in [-0.1, -0.05) is 115 Å². The van der Waals surface area contributed by atoms with Gasteiger partial charge in [-0.2, -0.15) is 0 Å². The van der Waals surface area contributed by atoms with Crippen molar-refractivity contribution in [1.29, 1.82) is 0 Å². The third kappa shape index (κ3) is 5.29. The average Bonchev–Trinajstić information content (AvgIpc) is 3.79. The fraction of sp³-hybridized carbons (Fsp3) is 0.100. The lowest BCUT2D eigenvalue weighted by atomic mass is 9.97. The molecule has 2 saturated heterocycles. The number of hydrogen-bond acceptors (Lipinski definition) is 5. The molecule has 4 N–H and O–H groups in total. The molecule has 8 rings (SSSR count). The molecule has 2 aliphatic rings. The van der Waals surface area contributed by atoms with Gasteiger partial charge in [0.25, 0.3) is 0 Å². The van der Waals surface area contributed by atoms with Crippen molar-refractivity contribution in [2.24, 2.45) is 0 Å². The largest absolute Gasteiger partial charge is 0.398 e. The van der Waals surface area contributed by atoms with Gasteiger partial charge in [-0.15, -0.1) is 12.6 Å². The number of hydrogen-bond donors (Lipinski definition) is 4. The van der Waals surface area contributed by atoms with Gasteiger partial charge in [0, 0.05) is 45.7 Å². The Morgan fingerprint density at radius 3 is 2.16 bits per heavy atom. The van der Waals surface area contributed by atoms with E-state index in [1.165, 1.54) is 22.3 Å². The normalized spacial score (nSPS) is 20.0. The molecule has 4 unspecified atom stereocenters. The molecule has 0 spiro atoms. The van der Waals surface area contributed by atoms with Crippen molar-refractivity contribution in [3.63, 3.8) is 0 Å². The van der Waals surface area contributed by atoms with Crippen molar-refractivity contribution in [2.75, 3.05) is 17.6 Å². The minimum Gasteiger partial charge on any atom is -0.398 e. The Bertz CT molecular complexity index is 2010. The molecule has 4 atom stereocenters. The number of anilines is 3. The summed E-state index contributed by atoms with van der Waals surface area (Å²) in [4.78, 5) is 3.60. The first-order chi connectivity index (χ1) is 22.1. The van der Waals surface area contributed by atoms with Gasteiger partial charge in [-0.05, 0) is 63.7 Å². The molecular formula is C40H34N4S. The Balaban J connectivity index is 1.05. The molecule has 2 heterocycles. The first-order valence-corrected chi connectivity index (χ1v) is 15.9. The predicted molar refractivity (Wildman–Crippen MR) is 190 cm³/mol. The topological polar surface area (TPSA) is 53.1 Å². The van der Waals surface area contributed by atoms with E-state index in [0.717, 1.165) is 50.8 Å². The highest BCUT2D eigenvalue weighted by molar-refractivity contribution is 7.80. The van der Waals surface area contributed by atoms with Gasteiger partial charge in [0.2, 0.25) is 0 Å². The van der Waals surface area contributed by atoms with Crippen LogP contribution in [0.25, 0.3) is 33.4 Å². The van der Waals surface area contributed by atoms with Gasteiger partial charge >= 0.3 is 0 Å². The highest BCUT2D eigenvalue weighted by Gasteiger charge is 2.53. The number of nitrogens with two attached hydrogens (primary N) is 1. The highest BCUT2D eigenvalue weighted by atomic mass is 32.1. The van der Waals surface area contributed by atoms with E-state index in [9.17, 15) is 0 Å². The molecule has 0 aromatic heterocycles. The number of rotatable bonds is 7. The van der Waals surface area contributed by atoms with E-state index >= 15 is 0 Å². The zero-order chi connectivity index (χ0) is 30.3. The monoisotopic (exact) mass is 602 g/mol. The van der Waals surface area contributed by atoms with Gasteiger partial charge in [0.1, 0.15) is 0 Å². The van der Waals surface area contributed by atoms with Crippen molar-refractivity contribution >= 4 is 29.7 Å². The maximum absolute atomic E-state index is 6.31. The molecule has 0 amide bonds. The smallest absolute Gasteiger partial charge is 0.0870 e. The van der Waals surface area contributed by atoms with Crippen LogP contribution in [0.5, 0.6) is 0 Å². The Labute approximate surface area is 270 Å². The lowest BCUT2D eigenvalue weighted by molar-refractivity contribution is 0.393. The molecule has 45 heavy (non-hydrogen) atoms. The first-order valence-electron chi connectivity index (χ1n) is 15.4. The zero-order valence-corrected chi connectivity index (χ0v) is 25.7. The molecular weight excluding hydrogens is 569 g/mol. The first kappa shape index (κ1) is 27.7. The van der Waals surface area contributed by atoms with Crippen LogP contribution in [0.3, 0.4) is 0 Å². The van der Waals surface area contributed by atoms with E-state index in [-0.39, 0.29) is 12.2 Å². The molecule has 4 nitrogen and oxygen atoms in total. The molecule has 2 fully saturated rings. The van der Waals surface area contributed by atoms with Crippen LogP contribution in [0.1, 0.15) is 23.3 Å². The van der Waals surface area contributed by atoms with Crippen molar-refractivity contribution in [3.05, 3.63) is 157 Å². The van der Waals surface area contributed by atoms with E-state index in [2.05, 4.69) is 143 Å². The van der Waals surface area contributed by atoms with Crippen molar-refractivity contribution < 1.29 is 0 Å². The zero-order valence-electron chi connectivity index (χ0n) is 24.8. The number of nitrogens with zero attached hydrogens (tertiary/aromatic N) is 1. The van der Waals surface area contributed by atoms with E-state index in [1.807, 2.05) is 18.2 Å². The summed E-state index contributed by atoms with van der Waals surface area (Å²) in [5.41, 5.74) is 18.5. The Hall–Kier alpha value is -4.81. The molecule has 0 saturated carbocycles. The van der Waals surface area contributed by atoms with Crippen LogP contribution in [0.2, 0.25) is 0 Å². The summed E-state index contributed by atoms with van der Waals surface area (Å²) in [5, 5.41) is 7.66. The van der Waals surface area contributed by atoms with Gasteiger partial charge in [0.15, 0.2) is 0 Å². The summed E-state index contributed by atoms with van der Waals surface area (Å²) in [5.74, 6) is 0. The van der Waals surface area contributed by atoms with Crippen LogP contribution < -0.4 is 16.4 Å². The third-order valence-electron chi connectivity index (χ3n) is 9.09. The van der Waals surface area contributed by atoms with E-state index in [4.69, 9.17) is 18.4 Å². The summed E-state index contributed by atoms with van der Waals surface area (Å²) in [6.07, 6.45) is 0.151. The number of nitrogen functional groups attached to an aromatic ring is 1. The summed E-state index contributed by atoms with van der Waals surface area (Å²) >= 11 is 5.04. The molecule has 0 bridgehead atoms. The molecule has 6 aromatic carbocycles. The minimum absolute atomic E-state index is 0.151. The SMILES string of the molecule is Nc1ccccc1-c1cccc(-c2ccccc2Nc2cccc(C3NC(c4cccc(-c5ccccc5)c4S)C4CN34)c2)c1. The maximum Gasteiger partial charge on any atom is 0.0870 e. The van der Waals surface area contributed by atoms with Crippen molar-refractivity contribution in [3.8, 4) is 33.4 Å². The number of para-hydroxylation sites is 2. The van der Waals surface area contributed by atoms with Gasteiger partial charge < -0.3 is 11.1 Å². The summed E-state index contributed by atoms with van der Waals surface area (Å²) in [7, 11) is 0. The van der Waals surface area contributed by atoms with Gasteiger partial charge in [-0.3, -0.25) is 10.2 Å². The molecule has 5 heteroatoms. The van der Waals surface area contributed by atoms with Gasteiger partial charge in [0.05, 0.1) is 12.2 Å². The molecule has 2 aliphatic heterocycles. The average molecular weight is 603 g/mol. The predicted octanol–water partition coefficient (Wildman–Crippen LogP) is 9.33. The van der Waals surface area contributed by atoms with Gasteiger partial charge in [-0.25, -0.2) is 0 Å².